The van der Waals surface area contributed by atoms with Gasteiger partial charge in [-0.2, -0.15) is 0 Å². The fourth-order valence-electron chi connectivity index (χ4n) is 1.05. The third-order valence-corrected chi connectivity index (χ3v) is 2.18. The maximum absolute atomic E-state index is 11.0. The maximum atomic E-state index is 11.0. The predicted octanol–water partition coefficient (Wildman–Crippen LogP) is 0.204. The van der Waals surface area contributed by atoms with Crippen LogP contribution >= 0.6 is 12.6 Å². The summed E-state index contributed by atoms with van der Waals surface area (Å²) in [7, 11) is 0. The zero-order valence-corrected chi connectivity index (χ0v) is 7.31. The normalized spacial score (nSPS) is 31.0. The number of hydrogen-bond donors (Lipinski definition) is 2. The minimum absolute atomic E-state index is 0.354. The van der Waals surface area contributed by atoms with Crippen molar-refractivity contribution in [2.24, 2.45) is 0 Å². The van der Waals surface area contributed by atoms with Crippen molar-refractivity contribution in [2.45, 2.75) is 18.7 Å². The number of amides is 3. The number of urea groups is 1. The molecule has 3 amide bonds. The summed E-state index contributed by atoms with van der Waals surface area (Å²) in [5, 5.41) is 2.18. The molecule has 1 atom stereocenters. The largest absolute Gasteiger partial charge is 0.325 e. The second kappa shape index (κ2) is 2.41. The van der Waals surface area contributed by atoms with E-state index in [2.05, 4.69) is 17.9 Å². The summed E-state index contributed by atoms with van der Waals surface area (Å²) in [5.74, 6) is -0.354. The van der Waals surface area contributed by atoms with Crippen LogP contribution in [0, 0.1) is 0 Å². The van der Waals surface area contributed by atoms with Crippen LogP contribution < -0.4 is 5.32 Å². The monoisotopic (exact) mass is 174 g/mol. The zero-order valence-electron chi connectivity index (χ0n) is 6.42. The average Bonchev–Trinajstić information content (AvgIpc) is 2.04. The van der Waals surface area contributed by atoms with Gasteiger partial charge >= 0.3 is 6.03 Å². The summed E-state index contributed by atoms with van der Waals surface area (Å²) < 4.78 is 0. The molecule has 1 N–H and O–H groups in total. The van der Waals surface area contributed by atoms with Crippen LogP contribution in [-0.4, -0.2) is 28.3 Å². The Hall–Kier alpha value is -0.710. The fourth-order valence-corrected chi connectivity index (χ4v) is 1.34. The van der Waals surface area contributed by atoms with E-state index in [1.54, 1.807) is 13.8 Å². The van der Waals surface area contributed by atoms with Crippen molar-refractivity contribution >= 4 is 24.6 Å². The first-order valence-corrected chi connectivity index (χ1v) is 3.80. The van der Waals surface area contributed by atoms with Crippen molar-refractivity contribution in [1.29, 1.82) is 0 Å². The lowest BCUT2D eigenvalue weighted by atomic mass is 10.3. The number of imide groups is 1. The van der Waals surface area contributed by atoms with Crippen LogP contribution in [0.4, 0.5) is 4.79 Å². The molecule has 0 bridgehead atoms. The Kier molecular flexibility index (Phi) is 1.83. The topological polar surface area (TPSA) is 49.4 Å². The van der Waals surface area contributed by atoms with Crippen LogP contribution in [0.3, 0.4) is 0 Å². The molecule has 1 aliphatic heterocycles. The van der Waals surface area contributed by atoms with Crippen LogP contribution in [0.15, 0.2) is 0 Å². The predicted molar refractivity (Wildman–Crippen MR) is 43.3 cm³/mol. The highest BCUT2D eigenvalue weighted by atomic mass is 32.1. The maximum Gasteiger partial charge on any atom is 0.325 e. The standard InChI is InChI=1S/C6H10N2O2S/c1-3-8-5(10)7-4(9)6(8,2)11/h11H,3H2,1-2H3,(H,7,9,10). The lowest BCUT2D eigenvalue weighted by Crippen LogP contribution is -2.41. The van der Waals surface area contributed by atoms with Gasteiger partial charge in [-0.15, -0.1) is 12.6 Å². The Bertz CT molecular complexity index is 215. The lowest BCUT2D eigenvalue weighted by Gasteiger charge is -2.24. The molecule has 62 valence electrons. The Balaban J connectivity index is 2.93. The van der Waals surface area contributed by atoms with E-state index >= 15 is 0 Å². The summed E-state index contributed by atoms with van der Waals surface area (Å²) in [6.07, 6.45) is 0. The third-order valence-electron chi connectivity index (χ3n) is 1.74. The average molecular weight is 174 g/mol. The van der Waals surface area contributed by atoms with Gasteiger partial charge in [-0.05, 0) is 13.8 Å². The molecule has 1 fully saturated rings. The van der Waals surface area contributed by atoms with Gasteiger partial charge in [0.25, 0.3) is 5.91 Å². The first kappa shape index (κ1) is 8.39. The van der Waals surface area contributed by atoms with Crippen molar-refractivity contribution in [3.63, 3.8) is 0 Å². The number of rotatable bonds is 1. The van der Waals surface area contributed by atoms with Gasteiger partial charge in [0.1, 0.15) is 0 Å². The van der Waals surface area contributed by atoms with Crippen molar-refractivity contribution in [2.75, 3.05) is 6.54 Å². The summed E-state index contributed by atoms with van der Waals surface area (Å²) in [6, 6.07) is -0.366. The second-order valence-corrected chi connectivity index (χ2v) is 3.40. The molecule has 5 heteroatoms. The number of hydrogen-bond acceptors (Lipinski definition) is 3. The van der Waals surface area contributed by atoms with Gasteiger partial charge in [0.15, 0.2) is 4.87 Å². The summed E-state index contributed by atoms with van der Waals surface area (Å²) in [6.45, 7) is 3.88. The van der Waals surface area contributed by atoms with E-state index in [1.807, 2.05) is 0 Å². The highest BCUT2D eigenvalue weighted by Gasteiger charge is 2.45. The highest BCUT2D eigenvalue weighted by Crippen LogP contribution is 2.24. The molecular formula is C6H10N2O2S. The number of carbonyl (C=O) groups is 2. The van der Waals surface area contributed by atoms with Gasteiger partial charge in [0.05, 0.1) is 0 Å². The van der Waals surface area contributed by atoms with Crippen molar-refractivity contribution in [3.8, 4) is 0 Å². The molecule has 1 rings (SSSR count). The highest BCUT2D eigenvalue weighted by molar-refractivity contribution is 7.82. The molecule has 0 radical (unpaired) electrons. The fraction of sp³-hybridized carbons (Fsp3) is 0.667. The number of thiol groups is 1. The number of likely N-dealkylation sites (N-methyl/N-ethyl adjacent to an activating group) is 1. The van der Waals surface area contributed by atoms with Crippen LogP contribution in [0.1, 0.15) is 13.8 Å². The molecule has 1 saturated heterocycles. The minimum atomic E-state index is -0.980. The van der Waals surface area contributed by atoms with Crippen molar-refractivity contribution < 1.29 is 9.59 Å². The molecule has 4 nitrogen and oxygen atoms in total. The van der Waals surface area contributed by atoms with Crippen LogP contribution in [0.2, 0.25) is 0 Å². The lowest BCUT2D eigenvalue weighted by molar-refractivity contribution is -0.122. The number of nitrogens with one attached hydrogen (secondary N) is 1. The van der Waals surface area contributed by atoms with Gasteiger partial charge in [0.2, 0.25) is 0 Å². The summed E-state index contributed by atoms with van der Waals surface area (Å²) in [4.78, 5) is 22.4. The van der Waals surface area contributed by atoms with Crippen molar-refractivity contribution in [1.82, 2.24) is 10.2 Å². The molecule has 0 aromatic heterocycles. The Morgan fingerprint density at radius 2 is 2.18 bits per heavy atom. The van der Waals surface area contributed by atoms with Crippen LogP contribution in [-0.2, 0) is 4.79 Å². The molecule has 1 heterocycles. The molecule has 1 unspecified atom stereocenters. The van der Waals surface area contributed by atoms with Gasteiger partial charge in [-0.3, -0.25) is 10.1 Å². The summed E-state index contributed by atoms with van der Waals surface area (Å²) in [5.41, 5.74) is 0. The molecule has 0 saturated carbocycles. The van der Waals surface area contributed by atoms with Crippen LogP contribution in [0.5, 0.6) is 0 Å². The van der Waals surface area contributed by atoms with E-state index in [9.17, 15) is 9.59 Å². The van der Waals surface area contributed by atoms with Crippen molar-refractivity contribution in [3.05, 3.63) is 0 Å². The number of carbonyl (C=O) groups excluding carboxylic acids is 2. The van der Waals surface area contributed by atoms with E-state index in [1.165, 1.54) is 4.90 Å². The van der Waals surface area contributed by atoms with Crippen LogP contribution in [0.25, 0.3) is 0 Å². The quantitative estimate of drug-likeness (QED) is 0.441. The van der Waals surface area contributed by atoms with E-state index in [-0.39, 0.29) is 11.9 Å². The number of nitrogens with zero attached hydrogens (tertiary/aromatic N) is 1. The first-order chi connectivity index (χ1) is 5.00. The van der Waals surface area contributed by atoms with Gasteiger partial charge in [0, 0.05) is 6.54 Å². The Labute approximate surface area is 70.3 Å². The van der Waals surface area contributed by atoms with E-state index < -0.39 is 4.87 Å². The van der Waals surface area contributed by atoms with Gasteiger partial charge < -0.3 is 4.90 Å². The van der Waals surface area contributed by atoms with E-state index in [0.29, 0.717) is 6.54 Å². The second-order valence-electron chi connectivity index (χ2n) is 2.52. The molecule has 0 aliphatic carbocycles. The van der Waals surface area contributed by atoms with E-state index in [4.69, 9.17) is 0 Å². The molecule has 1 aliphatic rings. The molecule has 0 spiro atoms. The molecule has 0 aromatic rings. The molecule has 11 heavy (non-hydrogen) atoms. The molecule has 0 aromatic carbocycles. The summed E-state index contributed by atoms with van der Waals surface area (Å²) >= 11 is 4.07. The zero-order chi connectivity index (χ0) is 8.65. The van der Waals surface area contributed by atoms with Gasteiger partial charge in [-0.1, -0.05) is 0 Å². The third kappa shape index (κ3) is 1.09. The Morgan fingerprint density at radius 1 is 1.64 bits per heavy atom. The van der Waals surface area contributed by atoms with E-state index in [0.717, 1.165) is 0 Å². The first-order valence-electron chi connectivity index (χ1n) is 3.35. The molecular weight excluding hydrogens is 164 g/mol. The Morgan fingerprint density at radius 3 is 2.36 bits per heavy atom. The smallest absolute Gasteiger partial charge is 0.302 e. The van der Waals surface area contributed by atoms with Gasteiger partial charge in [-0.25, -0.2) is 4.79 Å². The minimum Gasteiger partial charge on any atom is -0.302 e. The SMILES string of the molecule is CCN1C(=O)NC(=O)C1(C)S.